The predicted octanol–water partition coefficient (Wildman–Crippen LogP) is 10.9. The Bertz CT molecular complexity index is 1920. The smallest absolute Gasteiger partial charge is 0.278 e. The summed E-state index contributed by atoms with van der Waals surface area (Å²) in [6.45, 7) is 6.63. The van der Waals surface area contributed by atoms with Crippen LogP contribution >= 0.6 is 23.2 Å². The van der Waals surface area contributed by atoms with Gasteiger partial charge in [0.2, 0.25) is 0 Å². The van der Waals surface area contributed by atoms with E-state index in [4.69, 9.17) is 42.7 Å². The van der Waals surface area contributed by atoms with E-state index in [0.717, 1.165) is 85.1 Å². The first-order chi connectivity index (χ1) is 27.3. The highest BCUT2D eigenvalue weighted by atomic mass is 35.5. The molecule has 0 radical (unpaired) electrons. The third kappa shape index (κ3) is 10.8. The van der Waals surface area contributed by atoms with Crippen LogP contribution in [0.4, 0.5) is 0 Å². The Kier molecular flexibility index (Phi) is 14.5. The molecule has 0 unspecified atom stereocenters. The van der Waals surface area contributed by atoms with Crippen LogP contribution in [0.2, 0.25) is 10.0 Å². The normalized spacial score (nSPS) is 15.6. The molecule has 2 aliphatic rings. The van der Waals surface area contributed by atoms with Crippen molar-refractivity contribution >= 4 is 58.8 Å². The van der Waals surface area contributed by atoms with Crippen LogP contribution in [-0.2, 0) is 9.59 Å². The Morgan fingerprint density at radius 2 is 0.893 bits per heavy atom. The molecule has 6 rings (SSSR count). The molecule has 4 aromatic carbocycles. The molecule has 56 heavy (non-hydrogen) atoms. The van der Waals surface area contributed by atoms with Crippen LogP contribution in [0, 0.1) is 0 Å². The second kappa shape index (κ2) is 20.1. The quantitative estimate of drug-likeness (QED) is 0.0699. The van der Waals surface area contributed by atoms with E-state index in [0.29, 0.717) is 59.4 Å². The lowest BCUT2D eigenvalue weighted by Gasteiger charge is -2.20. The number of nitrogens with zero attached hydrogens (tertiary/aromatic N) is 4. The molecule has 0 saturated carbocycles. The van der Waals surface area contributed by atoms with Crippen molar-refractivity contribution in [3.8, 4) is 11.5 Å². The van der Waals surface area contributed by atoms with E-state index >= 15 is 0 Å². The molecular formula is C46H48Cl2N4O4. The number of amides is 2. The molecule has 10 heteroatoms. The SMILES string of the molecule is CCCCOc1ccc(C2=NC(=Cc3ccc(Cl)cc3)C(=O)N2CCCCCCN2C(=O)C(=Cc3ccc(Cl)cc3)N=C2c2ccc(OCCCC)cc2)cc1. The topological polar surface area (TPSA) is 83.8 Å². The van der Waals surface area contributed by atoms with E-state index in [2.05, 4.69) is 13.8 Å². The number of carbonyl (C=O) groups is 2. The van der Waals surface area contributed by atoms with Gasteiger partial charge in [-0.3, -0.25) is 19.4 Å². The number of unbranched alkanes of at least 4 members (excludes halogenated alkanes) is 5. The molecule has 4 aromatic rings. The van der Waals surface area contributed by atoms with Crippen LogP contribution in [0.1, 0.15) is 87.5 Å². The van der Waals surface area contributed by atoms with Gasteiger partial charge in [-0.2, -0.15) is 0 Å². The van der Waals surface area contributed by atoms with E-state index in [1.54, 1.807) is 46.2 Å². The van der Waals surface area contributed by atoms with Crippen LogP contribution in [-0.4, -0.2) is 59.6 Å². The number of amidine groups is 2. The molecule has 2 aliphatic heterocycles. The lowest BCUT2D eigenvalue weighted by Crippen LogP contribution is -2.34. The summed E-state index contributed by atoms with van der Waals surface area (Å²) in [6.07, 6.45) is 11.0. The molecule has 0 N–H and O–H groups in total. The summed E-state index contributed by atoms with van der Waals surface area (Å²) in [5.41, 5.74) is 4.17. The van der Waals surface area contributed by atoms with E-state index in [1.807, 2.05) is 72.8 Å². The second-order valence-electron chi connectivity index (χ2n) is 13.8. The number of ether oxygens (including phenoxy) is 2. The van der Waals surface area contributed by atoms with Gasteiger partial charge >= 0.3 is 0 Å². The highest BCUT2D eigenvalue weighted by Gasteiger charge is 2.32. The summed E-state index contributed by atoms with van der Waals surface area (Å²) < 4.78 is 11.7. The lowest BCUT2D eigenvalue weighted by atomic mass is 10.1. The number of carbonyl (C=O) groups excluding carboxylic acids is 2. The molecule has 290 valence electrons. The van der Waals surface area contributed by atoms with Crippen LogP contribution < -0.4 is 9.47 Å². The van der Waals surface area contributed by atoms with Crippen LogP contribution in [0.5, 0.6) is 11.5 Å². The van der Waals surface area contributed by atoms with Crippen molar-refractivity contribution in [2.24, 2.45) is 9.98 Å². The van der Waals surface area contributed by atoms with Crippen molar-refractivity contribution < 1.29 is 19.1 Å². The Balaban J connectivity index is 1.10. The van der Waals surface area contributed by atoms with Crippen molar-refractivity contribution in [1.82, 2.24) is 9.80 Å². The minimum absolute atomic E-state index is 0.136. The van der Waals surface area contributed by atoms with Crippen molar-refractivity contribution in [2.75, 3.05) is 26.3 Å². The summed E-state index contributed by atoms with van der Waals surface area (Å²) >= 11 is 12.2. The number of rotatable bonds is 19. The average molecular weight is 792 g/mol. The third-order valence-electron chi connectivity index (χ3n) is 9.51. The van der Waals surface area contributed by atoms with Gasteiger partial charge in [0.05, 0.1) is 13.2 Å². The molecule has 0 saturated heterocycles. The van der Waals surface area contributed by atoms with E-state index in [9.17, 15) is 9.59 Å². The third-order valence-corrected chi connectivity index (χ3v) is 10.0. The summed E-state index contributed by atoms with van der Waals surface area (Å²) in [4.78, 5) is 40.8. The lowest BCUT2D eigenvalue weighted by molar-refractivity contribution is -0.123. The minimum Gasteiger partial charge on any atom is -0.494 e. The highest BCUT2D eigenvalue weighted by Crippen LogP contribution is 2.27. The largest absolute Gasteiger partial charge is 0.494 e. The number of benzene rings is 4. The summed E-state index contributed by atoms with van der Waals surface area (Å²) in [5.74, 6) is 2.57. The fraction of sp³-hybridized carbons (Fsp3) is 0.304. The Labute approximate surface area is 340 Å². The van der Waals surface area contributed by atoms with Crippen molar-refractivity contribution in [3.05, 3.63) is 141 Å². The molecule has 2 amide bonds. The average Bonchev–Trinajstić information content (AvgIpc) is 3.69. The van der Waals surface area contributed by atoms with E-state index in [-0.39, 0.29) is 11.8 Å². The first-order valence-corrected chi connectivity index (χ1v) is 20.3. The zero-order chi connectivity index (χ0) is 39.3. The minimum atomic E-state index is -0.136. The zero-order valence-corrected chi connectivity index (χ0v) is 33.6. The summed E-state index contributed by atoms with van der Waals surface area (Å²) in [7, 11) is 0. The van der Waals surface area contributed by atoms with E-state index < -0.39 is 0 Å². The van der Waals surface area contributed by atoms with Crippen LogP contribution in [0.25, 0.3) is 12.2 Å². The van der Waals surface area contributed by atoms with E-state index in [1.165, 1.54) is 0 Å². The maximum Gasteiger partial charge on any atom is 0.278 e. The van der Waals surface area contributed by atoms with Crippen LogP contribution in [0.3, 0.4) is 0 Å². The molecule has 0 atom stereocenters. The fourth-order valence-corrected chi connectivity index (χ4v) is 6.61. The number of aliphatic imine (C=N–C) groups is 2. The van der Waals surface area contributed by atoms with Gasteiger partial charge in [0, 0.05) is 34.3 Å². The van der Waals surface area contributed by atoms with Gasteiger partial charge in [-0.1, -0.05) is 87.0 Å². The van der Waals surface area contributed by atoms with Gasteiger partial charge < -0.3 is 9.47 Å². The first-order valence-electron chi connectivity index (χ1n) is 19.5. The monoisotopic (exact) mass is 790 g/mol. The van der Waals surface area contributed by atoms with Crippen molar-refractivity contribution in [2.45, 2.75) is 65.2 Å². The first kappa shape index (κ1) is 40.5. The number of hydrogen-bond donors (Lipinski definition) is 0. The highest BCUT2D eigenvalue weighted by molar-refractivity contribution is 6.31. The molecule has 0 fully saturated rings. The standard InChI is InChI=1S/C46H48Cl2N4O4/c1-3-5-29-55-39-23-15-35(16-24-39)43-49-41(31-33-11-19-37(47)20-12-33)45(53)51(43)27-9-7-8-10-28-52-44(36-17-25-40(26-18-36)56-30-6-4-2)50-42(46(52)54)32-34-13-21-38(48)22-14-34/h11-26,31-32H,3-10,27-30H2,1-2H3. The number of hydrogen-bond acceptors (Lipinski definition) is 6. The van der Waals surface area contributed by atoms with Gasteiger partial charge in [0.15, 0.2) is 0 Å². The molecule has 0 spiro atoms. The molecule has 0 aliphatic carbocycles. The summed E-state index contributed by atoms with van der Waals surface area (Å²) in [5, 5.41) is 1.26. The molecule has 2 heterocycles. The fourth-order valence-electron chi connectivity index (χ4n) is 6.35. The van der Waals surface area contributed by atoms with Crippen molar-refractivity contribution in [3.63, 3.8) is 0 Å². The summed E-state index contributed by atoms with van der Waals surface area (Å²) in [6, 6.07) is 30.3. The molecular weight excluding hydrogens is 743 g/mol. The van der Waals surface area contributed by atoms with Gasteiger partial charge in [0.25, 0.3) is 11.8 Å². The van der Waals surface area contributed by atoms with Gasteiger partial charge in [-0.15, -0.1) is 0 Å². The Hall–Kier alpha value is -5.18. The maximum absolute atomic E-state index is 13.8. The predicted molar refractivity (Wildman–Crippen MR) is 228 cm³/mol. The second-order valence-corrected chi connectivity index (χ2v) is 14.7. The van der Waals surface area contributed by atoms with Crippen LogP contribution in [0.15, 0.2) is 118 Å². The van der Waals surface area contributed by atoms with Gasteiger partial charge in [-0.25, -0.2) is 9.98 Å². The molecule has 0 aromatic heterocycles. The van der Waals surface area contributed by atoms with Gasteiger partial charge in [-0.05, 0) is 122 Å². The number of halogens is 2. The van der Waals surface area contributed by atoms with Crippen molar-refractivity contribution in [1.29, 1.82) is 0 Å². The Morgan fingerprint density at radius 3 is 1.25 bits per heavy atom. The Morgan fingerprint density at radius 1 is 0.518 bits per heavy atom. The van der Waals surface area contributed by atoms with Gasteiger partial charge in [0.1, 0.15) is 34.6 Å². The molecule has 0 bridgehead atoms. The zero-order valence-electron chi connectivity index (χ0n) is 32.1. The maximum atomic E-state index is 13.8. The molecule has 8 nitrogen and oxygen atoms in total.